The molecule has 0 saturated heterocycles. The van der Waals surface area contributed by atoms with Crippen molar-refractivity contribution in [3.05, 3.63) is 75.7 Å². The first-order valence-electron chi connectivity index (χ1n) is 10.5. The van der Waals surface area contributed by atoms with Crippen LogP contribution in [0.15, 0.2) is 53.3 Å². The normalized spacial score (nSPS) is 15.5. The third-order valence-electron chi connectivity index (χ3n) is 5.55. The molecule has 7 heteroatoms. The lowest BCUT2D eigenvalue weighted by Gasteiger charge is -2.26. The van der Waals surface area contributed by atoms with Gasteiger partial charge in [-0.05, 0) is 50.3 Å². The van der Waals surface area contributed by atoms with Crippen molar-refractivity contribution in [2.75, 3.05) is 6.61 Å². The van der Waals surface area contributed by atoms with Crippen molar-refractivity contribution in [1.82, 2.24) is 15.1 Å². The van der Waals surface area contributed by atoms with Crippen molar-refractivity contribution in [3.8, 4) is 0 Å². The molecule has 1 atom stereocenters. The molecule has 0 aliphatic heterocycles. The minimum absolute atomic E-state index is 0.0275. The fourth-order valence-electron chi connectivity index (χ4n) is 4.05. The average Bonchev–Trinajstić information content (AvgIpc) is 2.78. The fourth-order valence-corrected chi connectivity index (χ4v) is 4.05. The number of aromatic nitrogens is 2. The van der Waals surface area contributed by atoms with E-state index in [0.29, 0.717) is 10.8 Å². The Labute approximate surface area is 180 Å². The zero-order chi connectivity index (χ0) is 22.0. The predicted molar refractivity (Wildman–Crippen MR) is 117 cm³/mol. The highest BCUT2D eigenvalue weighted by Gasteiger charge is 2.23. The Kier molecular flexibility index (Phi) is 5.84. The van der Waals surface area contributed by atoms with E-state index in [2.05, 4.69) is 16.5 Å². The second kappa shape index (κ2) is 8.71. The summed E-state index contributed by atoms with van der Waals surface area (Å²) in [6.07, 6.45) is 2.85. The monoisotopic (exact) mass is 419 g/mol. The van der Waals surface area contributed by atoms with Crippen molar-refractivity contribution in [2.24, 2.45) is 0 Å². The number of ether oxygens (including phenoxy) is 1. The molecule has 1 aliphatic carbocycles. The molecule has 0 radical (unpaired) electrons. The second-order valence-corrected chi connectivity index (χ2v) is 8.02. The number of esters is 1. The zero-order valence-corrected chi connectivity index (χ0v) is 17.6. The van der Waals surface area contributed by atoms with Crippen LogP contribution in [0, 0.1) is 0 Å². The average molecular weight is 419 g/mol. The lowest BCUT2D eigenvalue weighted by molar-refractivity contribution is -0.125. The number of amides is 1. The highest BCUT2D eigenvalue weighted by atomic mass is 16.5. The van der Waals surface area contributed by atoms with Gasteiger partial charge in [0, 0.05) is 5.39 Å². The van der Waals surface area contributed by atoms with Crippen LogP contribution in [-0.4, -0.2) is 28.3 Å². The molecule has 1 amide bonds. The SMILES string of the molecule is CC(C)n1nc(C(=O)OCC(=O)N[C@H]2CCCc3ccccc32)c2ccccc2c1=O. The summed E-state index contributed by atoms with van der Waals surface area (Å²) in [5.74, 6) is -1.10. The number of carbonyl (C=O) groups is 2. The number of fused-ring (bicyclic) bond motifs is 2. The van der Waals surface area contributed by atoms with Gasteiger partial charge in [0.15, 0.2) is 12.3 Å². The first-order valence-corrected chi connectivity index (χ1v) is 10.5. The quantitative estimate of drug-likeness (QED) is 0.641. The maximum Gasteiger partial charge on any atom is 0.359 e. The molecule has 1 N–H and O–H groups in total. The third kappa shape index (κ3) is 4.21. The van der Waals surface area contributed by atoms with E-state index < -0.39 is 12.6 Å². The Bertz CT molecular complexity index is 1200. The van der Waals surface area contributed by atoms with Crippen LogP contribution in [0.3, 0.4) is 0 Å². The molecule has 0 bridgehead atoms. The zero-order valence-electron chi connectivity index (χ0n) is 17.6. The minimum atomic E-state index is -0.732. The van der Waals surface area contributed by atoms with Gasteiger partial charge in [-0.2, -0.15) is 5.10 Å². The number of hydrogen-bond donors (Lipinski definition) is 1. The van der Waals surface area contributed by atoms with Gasteiger partial charge >= 0.3 is 5.97 Å². The molecule has 4 rings (SSSR count). The summed E-state index contributed by atoms with van der Waals surface area (Å²) in [7, 11) is 0. The van der Waals surface area contributed by atoms with Crippen LogP contribution in [0.5, 0.6) is 0 Å². The Hall–Kier alpha value is -3.48. The summed E-state index contributed by atoms with van der Waals surface area (Å²) in [4.78, 5) is 37.9. The van der Waals surface area contributed by atoms with E-state index in [9.17, 15) is 14.4 Å². The van der Waals surface area contributed by atoms with E-state index in [4.69, 9.17) is 4.74 Å². The summed E-state index contributed by atoms with van der Waals surface area (Å²) in [6, 6.07) is 14.5. The largest absolute Gasteiger partial charge is 0.451 e. The molecular weight excluding hydrogens is 394 g/mol. The lowest BCUT2D eigenvalue weighted by Crippen LogP contribution is -2.34. The minimum Gasteiger partial charge on any atom is -0.451 e. The molecule has 160 valence electrons. The Balaban J connectivity index is 1.50. The summed E-state index contributed by atoms with van der Waals surface area (Å²) >= 11 is 0. The molecule has 31 heavy (non-hydrogen) atoms. The Morgan fingerprint density at radius 2 is 1.84 bits per heavy atom. The van der Waals surface area contributed by atoms with Gasteiger partial charge in [-0.1, -0.05) is 42.5 Å². The van der Waals surface area contributed by atoms with Crippen molar-refractivity contribution in [2.45, 2.75) is 45.2 Å². The molecule has 1 heterocycles. The molecule has 0 unspecified atom stereocenters. The molecule has 0 fully saturated rings. The van der Waals surface area contributed by atoms with Crippen molar-refractivity contribution in [1.29, 1.82) is 0 Å². The van der Waals surface area contributed by atoms with Gasteiger partial charge in [0.1, 0.15) is 0 Å². The molecule has 0 saturated carbocycles. The molecule has 1 aromatic heterocycles. The van der Waals surface area contributed by atoms with E-state index in [1.54, 1.807) is 24.3 Å². The summed E-state index contributed by atoms with van der Waals surface area (Å²) in [5, 5.41) is 7.99. The van der Waals surface area contributed by atoms with Crippen molar-refractivity contribution >= 4 is 22.6 Å². The molecule has 1 aliphatic rings. The van der Waals surface area contributed by atoms with Gasteiger partial charge in [-0.25, -0.2) is 9.48 Å². The number of hydrogen-bond acceptors (Lipinski definition) is 5. The van der Waals surface area contributed by atoms with Crippen LogP contribution in [0.2, 0.25) is 0 Å². The number of benzene rings is 2. The van der Waals surface area contributed by atoms with E-state index in [0.717, 1.165) is 24.8 Å². The molecule has 7 nitrogen and oxygen atoms in total. The van der Waals surface area contributed by atoms with Crippen molar-refractivity contribution < 1.29 is 14.3 Å². The Morgan fingerprint density at radius 1 is 1.13 bits per heavy atom. The van der Waals surface area contributed by atoms with Crippen molar-refractivity contribution in [3.63, 3.8) is 0 Å². The van der Waals surface area contributed by atoms with Gasteiger partial charge in [0.2, 0.25) is 0 Å². The summed E-state index contributed by atoms with van der Waals surface area (Å²) in [6.45, 7) is 3.22. The first-order chi connectivity index (χ1) is 15.0. The lowest BCUT2D eigenvalue weighted by atomic mass is 9.88. The second-order valence-electron chi connectivity index (χ2n) is 8.02. The fraction of sp³-hybridized carbons (Fsp3) is 0.333. The number of nitrogens with zero attached hydrogens (tertiary/aromatic N) is 2. The van der Waals surface area contributed by atoms with Gasteiger partial charge in [0.05, 0.1) is 17.5 Å². The van der Waals surface area contributed by atoms with Gasteiger partial charge in [-0.15, -0.1) is 0 Å². The van der Waals surface area contributed by atoms with Gasteiger partial charge in [-0.3, -0.25) is 9.59 Å². The van der Waals surface area contributed by atoms with E-state index in [-0.39, 0.29) is 29.2 Å². The number of carbonyl (C=O) groups excluding carboxylic acids is 2. The van der Waals surface area contributed by atoms with Crippen LogP contribution in [-0.2, 0) is 16.0 Å². The highest BCUT2D eigenvalue weighted by molar-refractivity contribution is 6.02. The maximum atomic E-state index is 12.8. The first kappa shape index (κ1) is 20.8. The number of rotatable bonds is 5. The molecular formula is C24H25N3O4. The van der Waals surface area contributed by atoms with Crippen LogP contribution >= 0.6 is 0 Å². The molecule has 0 spiro atoms. The maximum absolute atomic E-state index is 12.8. The number of nitrogens with one attached hydrogen (secondary N) is 1. The smallest absolute Gasteiger partial charge is 0.359 e. The van der Waals surface area contributed by atoms with E-state index >= 15 is 0 Å². The van der Waals surface area contributed by atoms with Crippen LogP contribution in [0.25, 0.3) is 10.8 Å². The van der Waals surface area contributed by atoms with Crippen LogP contribution in [0.1, 0.15) is 60.4 Å². The highest BCUT2D eigenvalue weighted by Crippen LogP contribution is 2.29. The summed E-state index contributed by atoms with van der Waals surface area (Å²) < 4.78 is 6.54. The third-order valence-corrected chi connectivity index (χ3v) is 5.55. The van der Waals surface area contributed by atoms with Gasteiger partial charge in [0.25, 0.3) is 11.5 Å². The van der Waals surface area contributed by atoms with Gasteiger partial charge < -0.3 is 10.1 Å². The van der Waals surface area contributed by atoms with E-state index in [1.807, 2.05) is 32.0 Å². The number of aryl methyl sites for hydroxylation is 1. The van der Waals surface area contributed by atoms with Crippen LogP contribution < -0.4 is 10.9 Å². The molecule has 2 aromatic carbocycles. The topological polar surface area (TPSA) is 90.3 Å². The Morgan fingerprint density at radius 3 is 2.61 bits per heavy atom. The standard InChI is InChI=1S/C24H25N3O4/c1-15(2)27-23(29)19-12-6-5-11-18(19)22(26-27)24(30)31-14-21(28)25-20-13-7-9-16-8-3-4-10-17(16)20/h3-6,8,10-12,15,20H,7,9,13-14H2,1-2H3,(H,25,28)/t20-/m0/s1. The summed E-state index contributed by atoms with van der Waals surface area (Å²) in [5.41, 5.74) is 2.11. The molecule has 3 aromatic rings. The van der Waals surface area contributed by atoms with Crippen LogP contribution in [0.4, 0.5) is 0 Å². The predicted octanol–water partition coefficient (Wildman–Crippen LogP) is 3.33. The van der Waals surface area contributed by atoms with E-state index in [1.165, 1.54) is 10.2 Å².